The van der Waals surface area contributed by atoms with Gasteiger partial charge in [-0.1, -0.05) is 13.8 Å². The lowest BCUT2D eigenvalue weighted by molar-refractivity contribution is 0.0321. The van der Waals surface area contributed by atoms with Crippen LogP contribution in [0.1, 0.15) is 45.0 Å². The third-order valence-corrected chi connectivity index (χ3v) is 3.36. The van der Waals surface area contributed by atoms with E-state index in [1.54, 1.807) is 0 Å². The summed E-state index contributed by atoms with van der Waals surface area (Å²) in [6.07, 6.45) is 1.56. The Bertz CT molecular complexity index is 342. The molecule has 0 fully saturated rings. The molecule has 0 unspecified atom stereocenters. The maximum Gasteiger partial charge on any atom is 0.0766 e. The highest BCUT2D eigenvalue weighted by Gasteiger charge is 2.21. The van der Waals surface area contributed by atoms with Crippen molar-refractivity contribution in [1.29, 1.82) is 0 Å². The van der Waals surface area contributed by atoms with Crippen LogP contribution >= 0.6 is 0 Å². The summed E-state index contributed by atoms with van der Waals surface area (Å²) in [5, 5.41) is 17.9. The maximum absolute atomic E-state index is 10.2. The second-order valence-electron chi connectivity index (χ2n) is 4.63. The highest BCUT2D eigenvalue weighted by molar-refractivity contribution is 5.08. The van der Waals surface area contributed by atoms with Crippen LogP contribution in [0.2, 0.25) is 0 Å². The summed E-state index contributed by atoms with van der Waals surface area (Å²) >= 11 is 0. The molecule has 0 aromatic carbocycles. The van der Waals surface area contributed by atoms with Crippen molar-refractivity contribution in [3.63, 3.8) is 0 Å². The normalized spacial score (nSPS) is 12.1. The van der Waals surface area contributed by atoms with Gasteiger partial charge in [0.05, 0.1) is 17.0 Å². The number of aryl methyl sites for hydroxylation is 2. The third kappa shape index (κ3) is 3.82. The van der Waals surface area contributed by atoms with Crippen molar-refractivity contribution in [2.24, 2.45) is 0 Å². The van der Waals surface area contributed by atoms with E-state index in [0.29, 0.717) is 6.54 Å². The minimum atomic E-state index is -0.577. The lowest BCUT2D eigenvalue weighted by Gasteiger charge is -2.25. The SMILES string of the molecule is CCn1nc(C)cc1CNCC(O)(CC)CC. The largest absolute Gasteiger partial charge is 0.389 e. The predicted octanol–water partition coefficient (Wildman–Crippen LogP) is 1.85. The molecule has 4 heteroatoms. The molecule has 1 heterocycles. The average molecular weight is 239 g/mol. The minimum Gasteiger partial charge on any atom is -0.389 e. The standard InChI is InChI=1S/C13H25N3O/c1-5-13(17,6-2)10-14-9-12-8-11(4)15-16(12)7-3/h8,14,17H,5-7,9-10H2,1-4H3. The van der Waals surface area contributed by atoms with Gasteiger partial charge in [-0.05, 0) is 32.8 Å². The van der Waals surface area contributed by atoms with Crippen molar-refractivity contribution < 1.29 is 5.11 Å². The molecule has 2 N–H and O–H groups in total. The Labute approximate surface area is 104 Å². The Morgan fingerprint density at radius 1 is 1.35 bits per heavy atom. The molecule has 0 saturated carbocycles. The first-order valence-corrected chi connectivity index (χ1v) is 6.51. The topological polar surface area (TPSA) is 50.1 Å². The number of hydrogen-bond acceptors (Lipinski definition) is 3. The molecule has 98 valence electrons. The number of nitrogens with zero attached hydrogens (tertiary/aromatic N) is 2. The molecule has 1 aromatic rings. The van der Waals surface area contributed by atoms with E-state index >= 15 is 0 Å². The van der Waals surface area contributed by atoms with Crippen molar-refractivity contribution in [3.05, 3.63) is 17.5 Å². The average Bonchev–Trinajstić information content (AvgIpc) is 2.69. The van der Waals surface area contributed by atoms with Crippen LogP contribution in [0.5, 0.6) is 0 Å². The molecule has 4 nitrogen and oxygen atoms in total. The lowest BCUT2D eigenvalue weighted by atomic mass is 9.98. The highest BCUT2D eigenvalue weighted by Crippen LogP contribution is 2.13. The fourth-order valence-electron chi connectivity index (χ4n) is 1.94. The molecule has 0 amide bonds. The Morgan fingerprint density at radius 3 is 2.53 bits per heavy atom. The quantitative estimate of drug-likeness (QED) is 0.763. The zero-order chi connectivity index (χ0) is 12.9. The Morgan fingerprint density at radius 2 is 2.00 bits per heavy atom. The van der Waals surface area contributed by atoms with E-state index in [4.69, 9.17) is 0 Å². The van der Waals surface area contributed by atoms with Crippen LogP contribution in [0.3, 0.4) is 0 Å². The number of rotatable bonds is 7. The maximum atomic E-state index is 10.2. The van der Waals surface area contributed by atoms with Crippen molar-refractivity contribution in [2.45, 2.75) is 59.2 Å². The van der Waals surface area contributed by atoms with Gasteiger partial charge >= 0.3 is 0 Å². The Balaban J connectivity index is 2.50. The van der Waals surface area contributed by atoms with Crippen LogP contribution in [-0.2, 0) is 13.1 Å². The van der Waals surface area contributed by atoms with Crippen LogP contribution in [0.15, 0.2) is 6.07 Å². The van der Waals surface area contributed by atoms with E-state index in [1.165, 1.54) is 5.69 Å². The van der Waals surface area contributed by atoms with Crippen molar-refractivity contribution in [3.8, 4) is 0 Å². The summed E-state index contributed by atoms with van der Waals surface area (Å²) in [6.45, 7) is 10.4. The van der Waals surface area contributed by atoms with Gasteiger partial charge < -0.3 is 10.4 Å². The van der Waals surface area contributed by atoms with E-state index in [1.807, 2.05) is 25.5 Å². The van der Waals surface area contributed by atoms with Gasteiger partial charge in [0.25, 0.3) is 0 Å². The summed E-state index contributed by atoms with van der Waals surface area (Å²) < 4.78 is 2.00. The molecule has 0 radical (unpaired) electrons. The molecule has 1 rings (SSSR count). The zero-order valence-corrected chi connectivity index (χ0v) is 11.5. The molecule has 17 heavy (non-hydrogen) atoms. The monoisotopic (exact) mass is 239 g/mol. The smallest absolute Gasteiger partial charge is 0.0766 e. The van der Waals surface area contributed by atoms with Gasteiger partial charge in [0.2, 0.25) is 0 Å². The van der Waals surface area contributed by atoms with Crippen LogP contribution in [0.4, 0.5) is 0 Å². The van der Waals surface area contributed by atoms with Gasteiger partial charge in [0.1, 0.15) is 0 Å². The summed E-state index contributed by atoms with van der Waals surface area (Å²) in [6, 6.07) is 2.09. The molecule has 0 aliphatic carbocycles. The van der Waals surface area contributed by atoms with E-state index in [2.05, 4.69) is 23.4 Å². The van der Waals surface area contributed by atoms with Gasteiger partial charge in [-0.2, -0.15) is 5.10 Å². The molecule has 0 bridgehead atoms. The predicted molar refractivity (Wildman–Crippen MR) is 69.9 cm³/mol. The molecule has 0 aliphatic rings. The fraction of sp³-hybridized carbons (Fsp3) is 0.769. The van der Waals surface area contributed by atoms with Crippen molar-refractivity contribution in [1.82, 2.24) is 15.1 Å². The molecular formula is C13H25N3O. The van der Waals surface area contributed by atoms with Gasteiger partial charge in [0, 0.05) is 19.6 Å². The first kappa shape index (κ1) is 14.2. The zero-order valence-electron chi connectivity index (χ0n) is 11.5. The number of aromatic nitrogens is 2. The fourth-order valence-corrected chi connectivity index (χ4v) is 1.94. The summed E-state index contributed by atoms with van der Waals surface area (Å²) in [4.78, 5) is 0. The molecular weight excluding hydrogens is 214 g/mol. The van der Waals surface area contributed by atoms with Gasteiger partial charge in [0.15, 0.2) is 0 Å². The molecule has 0 aliphatic heterocycles. The first-order valence-electron chi connectivity index (χ1n) is 6.51. The number of nitrogens with one attached hydrogen (secondary N) is 1. The summed E-state index contributed by atoms with van der Waals surface area (Å²) in [7, 11) is 0. The number of aliphatic hydroxyl groups is 1. The molecule has 0 spiro atoms. The second kappa shape index (κ2) is 6.17. The van der Waals surface area contributed by atoms with Gasteiger partial charge in [-0.15, -0.1) is 0 Å². The molecule has 0 saturated heterocycles. The van der Waals surface area contributed by atoms with Crippen molar-refractivity contribution in [2.75, 3.05) is 6.54 Å². The molecule has 0 atom stereocenters. The molecule has 1 aromatic heterocycles. The van der Waals surface area contributed by atoms with E-state index in [0.717, 1.165) is 31.6 Å². The Hall–Kier alpha value is -0.870. The van der Waals surface area contributed by atoms with Crippen LogP contribution in [0.25, 0.3) is 0 Å². The van der Waals surface area contributed by atoms with E-state index < -0.39 is 5.60 Å². The first-order chi connectivity index (χ1) is 8.04. The number of hydrogen-bond donors (Lipinski definition) is 2. The highest BCUT2D eigenvalue weighted by atomic mass is 16.3. The van der Waals surface area contributed by atoms with Crippen LogP contribution in [0, 0.1) is 6.92 Å². The van der Waals surface area contributed by atoms with Gasteiger partial charge in [-0.25, -0.2) is 0 Å². The van der Waals surface area contributed by atoms with E-state index in [9.17, 15) is 5.11 Å². The second-order valence-corrected chi connectivity index (χ2v) is 4.63. The third-order valence-electron chi connectivity index (χ3n) is 3.36. The van der Waals surface area contributed by atoms with Crippen molar-refractivity contribution >= 4 is 0 Å². The summed E-state index contributed by atoms with van der Waals surface area (Å²) in [5.41, 5.74) is 1.65. The van der Waals surface area contributed by atoms with Gasteiger partial charge in [-0.3, -0.25) is 4.68 Å². The van der Waals surface area contributed by atoms with E-state index in [-0.39, 0.29) is 0 Å². The lowest BCUT2D eigenvalue weighted by Crippen LogP contribution is -2.39. The van der Waals surface area contributed by atoms with Crippen LogP contribution in [-0.4, -0.2) is 27.0 Å². The minimum absolute atomic E-state index is 0.577. The summed E-state index contributed by atoms with van der Waals surface area (Å²) in [5.74, 6) is 0. The van der Waals surface area contributed by atoms with Crippen LogP contribution < -0.4 is 5.32 Å². The Kier molecular flexibility index (Phi) is 5.15.